The molecule has 0 aromatic heterocycles. The van der Waals surface area contributed by atoms with Gasteiger partial charge in [0.2, 0.25) is 0 Å². The maximum atomic E-state index is 6.07. The number of hydrogen-bond acceptors (Lipinski definition) is 2. The first kappa shape index (κ1) is 13.7. The summed E-state index contributed by atoms with van der Waals surface area (Å²) in [4.78, 5) is 2.66. The molecule has 1 aromatic carbocycles. The van der Waals surface area contributed by atoms with Gasteiger partial charge in [-0.05, 0) is 24.7 Å². The van der Waals surface area contributed by atoms with Crippen LogP contribution in [0, 0.1) is 0 Å². The topological polar surface area (TPSA) is 29.3 Å². The quantitative estimate of drug-likeness (QED) is 0.838. The lowest BCUT2D eigenvalue weighted by Crippen LogP contribution is -2.23. The van der Waals surface area contributed by atoms with Crippen molar-refractivity contribution >= 4 is 40.4 Å². The summed E-state index contributed by atoms with van der Waals surface area (Å²) in [6, 6.07) is 5.52. The van der Waals surface area contributed by atoms with E-state index in [1.165, 1.54) is 0 Å². The molecule has 0 fully saturated rings. The fourth-order valence-electron chi connectivity index (χ4n) is 1.32. The third-order valence-electron chi connectivity index (χ3n) is 2.20. The molecule has 0 aliphatic carbocycles. The SMILES string of the molecule is CN(CCC(N)=S)Cc1ccc(Cl)cc1Cl. The lowest BCUT2D eigenvalue weighted by Gasteiger charge is -2.17. The third kappa shape index (κ3) is 4.66. The van der Waals surface area contributed by atoms with Gasteiger partial charge in [0.25, 0.3) is 0 Å². The van der Waals surface area contributed by atoms with E-state index >= 15 is 0 Å². The van der Waals surface area contributed by atoms with Crippen LogP contribution in [-0.2, 0) is 6.54 Å². The van der Waals surface area contributed by atoms with Crippen molar-refractivity contribution in [3.63, 3.8) is 0 Å². The van der Waals surface area contributed by atoms with Crippen molar-refractivity contribution in [3.05, 3.63) is 33.8 Å². The molecule has 0 bridgehead atoms. The Morgan fingerprint density at radius 3 is 2.69 bits per heavy atom. The molecule has 0 saturated carbocycles. The van der Waals surface area contributed by atoms with Crippen LogP contribution in [0.15, 0.2) is 18.2 Å². The van der Waals surface area contributed by atoms with Crippen LogP contribution in [0.4, 0.5) is 0 Å². The summed E-state index contributed by atoms with van der Waals surface area (Å²) in [5.41, 5.74) is 6.50. The van der Waals surface area contributed by atoms with Gasteiger partial charge in [-0.1, -0.05) is 41.5 Å². The number of halogens is 2. The highest BCUT2D eigenvalue weighted by atomic mass is 35.5. The second-order valence-corrected chi connectivity index (χ2v) is 5.06. The summed E-state index contributed by atoms with van der Waals surface area (Å²) in [6.07, 6.45) is 0.719. The van der Waals surface area contributed by atoms with Crippen molar-refractivity contribution in [2.45, 2.75) is 13.0 Å². The molecule has 0 heterocycles. The third-order valence-corrected chi connectivity index (χ3v) is 2.99. The minimum Gasteiger partial charge on any atom is -0.393 e. The average molecular weight is 277 g/mol. The Labute approximate surface area is 111 Å². The van der Waals surface area contributed by atoms with Gasteiger partial charge in [-0.3, -0.25) is 0 Å². The summed E-state index contributed by atoms with van der Waals surface area (Å²) in [5, 5.41) is 1.34. The average Bonchev–Trinajstić information content (AvgIpc) is 2.19. The van der Waals surface area contributed by atoms with E-state index < -0.39 is 0 Å². The Hall–Kier alpha value is -0.350. The highest BCUT2D eigenvalue weighted by molar-refractivity contribution is 7.80. The monoisotopic (exact) mass is 276 g/mol. The van der Waals surface area contributed by atoms with Crippen molar-refractivity contribution < 1.29 is 0 Å². The van der Waals surface area contributed by atoms with Gasteiger partial charge in [-0.15, -0.1) is 0 Å². The van der Waals surface area contributed by atoms with E-state index in [1.54, 1.807) is 6.07 Å². The van der Waals surface area contributed by atoms with Crippen LogP contribution < -0.4 is 5.73 Å². The van der Waals surface area contributed by atoms with Gasteiger partial charge in [0.1, 0.15) is 0 Å². The highest BCUT2D eigenvalue weighted by Gasteiger charge is 2.05. The molecule has 0 amide bonds. The van der Waals surface area contributed by atoms with Crippen LogP contribution in [0.1, 0.15) is 12.0 Å². The van der Waals surface area contributed by atoms with E-state index in [0.29, 0.717) is 15.0 Å². The maximum absolute atomic E-state index is 6.07. The molecule has 0 aliphatic heterocycles. The van der Waals surface area contributed by atoms with Crippen LogP contribution in [0.5, 0.6) is 0 Å². The zero-order valence-corrected chi connectivity index (χ0v) is 11.4. The number of nitrogens with zero attached hydrogens (tertiary/aromatic N) is 1. The van der Waals surface area contributed by atoms with Gasteiger partial charge in [-0.25, -0.2) is 0 Å². The molecular weight excluding hydrogens is 263 g/mol. The first-order chi connectivity index (χ1) is 7.49. The van der Waals surface area contributed by atoms with Crippen LogP contribution in [0.2, 0.25) is 10.0 Å². The van der Waals surface area contributed by atoms with Crippen molar-refractivity contribution in [3.8, 4) is 0 Å². The standard InChI is InChI=1S/C11H14Cl2N2S/c1-15(5-4-11(14)16)7-8-2-3-9(12)6-10(8)13/h2-3,6H,4-5,7H2,1H3,(H2,14,16). The van der Waals surface area contributed by atoms with E-state index in [0.717, 1.165) is 25.1 Å². The molecule has 2 nitrogen and oxygen atoms in total. The Balaban J connectivity index is 2.55. The molecule has 0 saturated heterocycles. The minimum absolute atomic E-state index is 0.536. The minimum atomic E-state index is 0.536. The number of hydrogen-bond donors (Lipinski definition) is 1. The summed E-state index contributed by atoms with van der Waals surface area (Å²) in [7, 11) is 2.00. The fourth-order valence-corrected chi connectivity index (χ4v) is 1.88. The smallest absolute Gasteiger partial charge is 0.0740 e. The zero-order chi connectivity index (χ0) is 12.1. The van der Waals surface area contributed by atoms with Crippen molar-refractivity contribution in [2.24, 2.45) is 5.73 Å². The van der Waals surface area contributed by atoms with Crippen LogP contribution >= 0.6 is 35.4 Å². The van der Waals surface area contributed by atoms with Crippen LogP contribution in [0.25, 0.3) is 0 Å². The molecule has 1 aromatic rings. The first-order valence-electron chi connectivity index (χ1n) is 4.90. The summed E-state index contributed by atoms with van der Waals surface area (Å²) < 4.78 is 0. The number of nitrogens with two attached hydrogens (primary N) is 1. The number of benzene rings is 1. The van der Waals surface area contributed by atoms with Crippen molar-refractivity contribution in [1.29, 1.82) is 0 Å². The predicted molar refractivity (Wildman–Crippen MR) is 74.2 cm³/mol. The fraction of sp³-hybridized carbons (Fsp3) is 0.364. The summed E-state index contributed by atoms with van der Waals surface area (Å²) >= 11 is 16.7. The van der Waals surface area contributed by atoms with E-state index in [-0.39, 0.29) is 0 Å². The van der Waals surface area contributed by atoms with Gasteiger partial charge in [0, 0.05) is 29.6 Å². The molecule has 0 unspecified atom stereocenters. The van der Waals surface area contributed by atoms with E-state index in [9.17, 15) is 0 Å². The first-order valence-corrected chi connectivity index (χ1v) is 6.06. The van der Waals surface area contributed by atoms with Gasteiger partial charge in [0.05, 0.1) is 4.99 Å². The van der Waals surface area contributed by atoms with E-state index in [4.69, 9.17) is 41.2 Å². The molecule has 0 radical (unpaired) electrons. The van der Waals surface area contributed by atoms with E-state index in [2.05, 4.69) is 4.90 Å². The van der Waals surface area contributed by atoms with Gasteiger partial charge < -0.3 is 10.6 Å². The molecule has 0 spiro atoms. The highest BCUT2D eigenvalue weighted by Crippen LogP contribution is 2.21. The normalized spacial score (nSPS) is 10.8. The Bertz CT molecular complexity index is 382. The number of thiocarbonyl (C=S) groups is 1. The molecule has 1 rings (SSSR count). The molecule has 16 heavy (non-hydrogen) atoms. The lowest BCUT2D eigenvalue weighted by molar-refractivity contribution is 0.337. The molecule has 0 atom stereocenters. The molecule has 5 heteroatoms. The van der Waals surface area contributed by atoms with Gasteiger partial charge >= 0.3 is 0 Å². The Kier molecular flexibility index (Phi) is 5.49. The maximum Gasteiger partial charge on any atom is 0.0740 e. The van der Waals surface area contributed by atoms with Crippen LogP contribution in [0.3, 0.4) is 0 Å². The van der Waals surface area contributed by atoms with Gasteiger partial charge in [-0.2, -0.15) is 0 Å². The van der Waals surface area contributed by atoms with Crippen molar-refractivity contribution in [1.82, 2.24) is 4.90 Å². The second-order valence-electron chi connectivity index (χ2n) is 3.69. The molecule has 0 aliphatic rings. The number of rotatable bonds is 5. The molecule has 2 N–H and O–H groups in total. The van der Waals surface area contributed by atoms with Gasteiger partial charge in [0.15, 0.2) is 0 Å². The zero-order valence-electron chi connectivity index (χ0n) is 9.04. The molecule has 88 valence electrons. The molecular formula is C11H14Cl2N2S. The van der Waals surface area contributed by atoms with E-state index in [1.807, 2.05) is 19.2 Å². The summed E-state index contributed by atoms with van der Waals surface area (Å²) in [6.45, 7) is 1.59. The Morgan fingerprint density at radius 2 is 2.12 bits per heavy atom. The summed E-state index contributed by atoms with van der Waals surface area (Å²) in [5.74, 6) is 0. The van der Waals surface area contributed by atoms with Crippen LogP contribution in [-0.4, -0.2) is 23.5 Å². The lowest BCUT2D eigenvalue weighted by atomic mass is 10.2. The predicted octanol–water partition coefficient (Wildman–Crippen LogP) is 3.10. The largest absolute Gasteiger partial charge is 0.393 e. The van der Waals surface area contributed by atoms with Crippen molar-refractivity contribution in [2.75, 3.05) is 13.6 Å². The second kappa shape index (κ2) is 6.40. The Morgan fingerprint density at radius 1 is 1.44 bits per heavy atom.